The van der Waals surface area contributed by atoms with Crippen molar-refractivity contribution >= 4 is 10.8 Å². The van der Waals surface area contributed by atoms with E-state index in [-0.39, 0.29) is 5.25 Å². The molecule has 16 heavy (non-hydrogen) atoms. The maximum atomic E-state index is 12.2. The molecule has 0 radical (unpaired) electrons. The Morgan fingerprint density at radius 2 is 1.88 bits per heavy atom. The van der Waals surface area contributed by atoms with E-state index in [1.54, 1.807) is 24.3 Å². The van der Waals surface area contributed by atoms with Gasteiger partial charge in [0.1, 0.15) is 0 Å². The van der Waals surface area contributed by atoms with Crippen molar-refractivity contribution in [1.82, 2.24) is 5.32 Å². The molecule has 1 heterocycles. The van der Waals surface area contributed by atoms with Crippen LogP contribution in [-0.2, 0) is 10.8 Å². The van der Waals surface area contributed by atoms with Gasteiger partial charge in [-0.3, -0.25) is 4.21 Å². The molecule has 84 valence electrons. The van der Waals surface area contributed by atoms with Crippen LogP contribution in [-0.4, -0.2) is 22.5 Å². The van der Waals surface area contributed by atoms with Crippen LogP contribution in [0.5, 0.6) is 0 Å². The summed E-state index contributed by atoms with van der Waals surface area (Å²) in [5.74, 6) is 0. The number of piperidine rings is 1. The zero-order valence-corrected chi connectivity index (χ0v) is 9.80. The molecule has 1 aromatic carbocycles. The van der Waals surface area contributed by atoms with Crippen LogP contribution >= 0.6 is 0 Å². The van der Waals surface area contributed by atoms with Gasteiger partial charge in [-0.1, -0.05) is 0 Å². The summed E-state index contributed by atoms with van der Waals surface area (Å²) < 4.78 is 12.2. The third kappa shape index (κ3) is 2.49. The lowest BCUT2D eigenvalue weighted by Gasteiger charge is -2.21. The molecule has 1 N–H and O–H groups in total. The minimum Gasteiger partial charge on any atom is -0.317 e. The van der Waals surface area contributed by atoms with E-state index in [0.29, 0.717) is 5.56 Å². The lowest BCUT2D eigenvalue weighted by atomic mass is 10.2. The van der Waals surface area contributed by atoms with Gasteiger partial charge in [0, 0.05) is 10.1 Å². The van der Waals surface area contributed by atoms with Gasteiger partial charge in [0.2, 0.25) is 0 Å². The van der Waals surface area contributed by atoms with E-state index in [2.05, 4.69) is 11.4 Å². The molecular weight excluding hydrogens is 220 g/mol. The molecule has 0 spiro atoms. The van der Waals surface area contributed by atoms with Crippen LogP contribution in [0.3, 0.4) is 0 Å². The smallest absolute Gasteiger partial charge is 0.0991 e. The maximum Gasteiger partial charge on any atom is 0.0991 e. The largest absolute Gasteiger partial charge is 0.317 e. The van der Waals surface area contributed by atoms with Gasteiger partial charge < -0.3 is 5.32 Å². The summed E-state index contributed by atoms with van der Waals surface area (Å²) in [6, 6.07) is 9.13. The van der Waals surface area contributed by atoms with Crippen molar-refractivity contribution in [2.45, 2.75) is 23.0 Å². The van der Waals surface area contributed by atoms with Crippen molar-refractivity contribution in [3.05, 3.63) is 29.8 Å². The van der Waals surface area contributed by atoms with E-state index in [4.69, 9.17) is 5.26 Å². The Balaban J connectivity index is 2.11. The molecular formula is C12H14N2OS. The van der Waals surface area contributed by atoms with E-state index in [9.17, 15) is 4.21 Å². The van der Waals surface area contributed by atoms with Crippen molar-refractivity contribution in [2.24, 2.45) is 0 Å². The average molecular weight is 234 g/mol. The molecule has 0 unspecified atom stereocenters. The van der Waals surface area contributed by atoms with Crippen LogP contribution in [0.25, 0.3) is 0 Å². The predicted octanol–water partition coefficient (Wildman–Crippen LogP) is 1.42. The molecule has 1 fully saturated rings. The normalized spacial score (nSPS) is 18.9. The summed E-state index contributed by atoms with van der Waals surface area (Å²) >= 11 is 0. The number of hydrogen-bond donors (Lipinski definition) is 1. The van der Waals surface area contributed by atoms with Crippen molar-refractivity contribution in [1.29, 1.82) is 5.26 Å². The van der Waals surface area contributed by atoms with Crippen molar-refractivity contribution in [3.63, 3.8) is 0 Å². The first kappa shape index (κ1) is 11.3. The summed E-state index contributed by atoms with van der Waals surface area (Å²) in [5, 5.41) is 12.2. The van der Waals surface area contributed by atoms with E-state index in [1.165, 1.54) is 0 Å². The average Bonchev–Trinajstić information content (AvgIpc) is 2.39. The van der Waals surface area contributed by atoms with Crippen molar-refractivity contribution in [3.8, 4) is 6.07 Å². The summed E-state index contributed by atoms with van der Waals surface area (Å²) in [5.41, 5.74) is 0.617. The van der Waals surface area contributed by atoms with Crippen LogP contribution in [0.2, 0.25) is 0 Å². The molecule has 1 aliphatic heterocycles. The number of nitriles is 1. The van der Waals surface area contributed by atoms with E-state index in [1.807, 2.05) is 0 Å². The van der Waals surface area contributed by atoms with Gasteiger partial charge in [-0.25, -0.2) is 0 Å². The first-order valence-electron chi connectivity index (χ1n) is 5.43. The van der Waals surface area contributed by atoms with Crippen LogP contribution in [0.15, 0.2) is 29.2 Å². The molecule has 2 rings (SSSR count). The molecule has 1 saturated heterocycles. The lowest BCUT2D eigenvalue weighted by molar-refractivity contribution is 0.519. The Morgan fingerprint density at radius 3 is 2.44 bits per heavy atom. The predicted molar refractivity (Wildman–Crippen MR) is 63.5 cm³/mol. The highest BCUT2D eigenvalue weighted by Gasteiger charge is 2.20. The van der Waals surface area contributed by atoms with Gasteiger partial charge in [0.05, 0.1) is 22.4 Å². The quantitative estimate of drug-likeness (QED) is 0.842. The number of benzene rings is 1. The molecule has 0 bridgehead atoms. The number of nitrogens with one attached hydrogen (secondary N) is 1. The summed E-state index contributed by atoms with van der Waals surface area (Å²) in [6.45, 7) is 1.90. The topological polar surface area (TPSA) is 52.9 Å². The summed E-state index contributed by atoms with van der Waals surface area (Å²) in [7, 11) is -0.930. The van der Waals surface area contributed by atoms with E-state index in [0.717, 1.165) is 30.8 Å². The third-order valence-corrected chi connectivity index (χ3v) is 4.62. The summed E-state index contributed by atoms with van der Waals surface area (Å²) in [6.07, 6.45) is 1.93. The number of hydrogen-bond acceptors (Lipinski definition) is 3. The maximum absolute atomic E-state index is 12.2. The fourth-order valence-electron chi connectivity index (χ4n) is 1.87. The fourth-order valence-corrected chi connectivity index (χ4v) is 3.32. The van der Waals surface area contributed by atoms with Crippen molar-refractivity contribution < 1.29 is 4.21 Å². The highest BCUT2D eigenvalue weighted by Crippen LogP contribution is 2.18. The summed E-state index contributed by atoms with van der Waals surface area (Å²) in [4.78, 5) is 0.839. The van der Waals surface area contributed by atoms with Gasteiger partial charge in [-0.15, -0.1) is 0 Å². The van der Waals surface area contributed by atoms with Gasteiger partial charge >= 0.3 is 0 Å². The zero-order chi connectivity index (χ0) is 11.4. The van der Waals surface area contributed by atoms with Crippen LogP contribution in [0.1, 0.15) is 18.4 Å². The first-order chi connectivity index (χ1) is 7.81. The molecule has 0 saturated carbocycles. The Labute approximate surface area is 97.9 Å². The van der Waals surface area contributed by atoms with Gasteiger partial charge in [0.25, 0.3) is 0 Å². The zero-order valence-electron chi connectivity index (χ0n) is 8.98. The number of nitrogens with zero attached hydrogens (tertiary/aromatic N) is 1. The molecule has 1 atom stereocenters. The Morgan fingerprint density at radius 1 is 1.25 bits per heavy atom. The molecule has 0 amide bonds. The molecule has 3 nitrogen and oxygen atoms in total. The fraction of sp³-hybridized carbons (Fsp3) is 0.417. The SMILES string of the molecule is N#Cc1ccc([S@@](=O)C2CCNCC2)cc1. The van der Waals surface area contributed by atoms with Crippen LogP contribution < -0.4 is 5.32 Å². The van der Waals surface area contributed by atoms with E-state index < -0.39 is 10.8 Å². The molecule has 0 aromatic heterocycles. The highest BCUT2D eigenvalue weighted by molar-refractivity contribution is 7.85. The third-order valence-electron chi connectivity index (χ3n) is 2.80. The van der Waals surface area contributed by atoms with Gasteiger partial charge in [-0.2, -0.15) is 5.26 Å². The second-order valence-corrected chi connectivity index (χ2v) is 5.62. The number of rotatable bonds is 2. The van der Waals surface area contributed by atoms with Crippen LogP contribution in [0, 0.1) is 11.3 Å². The molecule has 4 heteroatoms. The second-order valence-electron chi connectivity index (χ2n) is 3.88. The highest BCUT2D eigenvalue weighted by atomic mass is 32.2. The van der Waals surface area contributed by atoms with Crippen LogP contribution in [0.4, 0.5) is 0 Å². The Bertz CT molecular complexity index is 416. The van der Waals surface area contributed by atoms with E-state index >= 15 is 0 Å². The molecule has 1 aliphatic rings. The first-order valence-corrected chi connectivity index (χ1v) is 6.64. The Kier molecular flexibility index (Phi) is 3.70. The Hall–Kier alpha value is -1.18. The standard InChI is InChI=1S/C12H14N2OS/c13-9-10-1-3-11(4-2-10)16(15)12-5-7-14-8-6-12/h1-4,12,14H,5-8H2/t16-/m1/s1. The molecule has 1 aromatic rings. The van der Waals surface area contributed by atoms with Crippen molar-refractivity contribution in [2.75, 3.05) is 13.1 Å². The molecule has 0 aliphatic carbocycles. The second kappa shape index (κ2) is 5.24. The van der Waals surface area contributed by atoms with Gasteiger partial charge in [0.15, 0.2) is 0 Å². The van der Waals surface area contributed by atoms with Gasteiger partial charge in [-0.05, 0) is 50.2 Å². The lowest BCUT2D eigenvalue weighted by Crippen LogP contribution is -2.33. The minimum atomic E-state index is -0.930. The monoisotopic (exact) mass is 234 g/mol. The minimum absolute atomic E-state index is 0.259.